The number of hydrogen-bond donors (Lipinski definition) is 3. The number of guanidine groups is 1. The van der Waals surface area contributed by atoms with Gasteiger partial charge in [0.05, 0.1) is 13.2 Å². The van der Waals surface area contributed by atoms with Crippen molar-refractivity contribution in [3.63, 3.8) is 0 Å². The van der Waals surface area contributed by atoms with Gasteiger partial charge in [0.25, 0.3) is 0 Å². The van der Waals surface area contributed by atoms with Gasteiger partial charge in [0.1, 0.15) is 0 Å². The Morgan fingerprint density at radius 3 is 2.47 bits per heavy atom. The van der Waals surface area contributed by atoms with Crippen LogP contribution in [0.4, 0.5) is 5.69 Å². The van der Waals surface area contributed by atoms with Gasteiger partial charge in [0.2, 0.25) is 5.91 Å². The van der Waals surface area contributed by atoms with E-state index in [1.165, 1.54) is 11.1 Å². The third kappa shape index (κ3) is 7.68. The summed E-state index contributed by atoms with van der Waals surface area (Å²) in [6, 6.07) is 16.5. The van der Waals surface area contributed by atoms with Crippen molar-refractivity contribution < 1.29 is 9.53 Å². The van der Waals surface area contributed by atoms with Crippen molar-refractivity contribution in [2.45, 2.75) is 38.9 Å². The lowest BCUT2D eigenvalue weighted by atomic mass is 9.85. The summed E-state index contributed by atoms with van der Waals surface area (Å²) in [6.07, 6.45) is 3.17. The number of anilines is 1. The first-order valence-corrected chi connectivity index (χ1v) is 11.9. The Labute approximate surface area is 219 Å². The summed E-state index contributed by atoms with van der Waals surface area (Å²) in [7, 11) is 1.78. The average molecular weight is 578 g/mol. The first-order chi connectivity index (χ1) is 16.2. The molecule has 0 bridgehead atoms. The summed E-state index contributed by atoms with van der Waals surface area (Å²) in [6.45, 7) is 5.84. The van der Waals surface area contributed by atoms with E-state index in [-0.39, 0.29) is 35.8 Å². The number of aliphatic imine (C=N–C) groups is 1. The van der Waals surface area contributed by atoms with Crippen LogP contribution in [0.2, 0.25) is 0 Å². The SMILES string of the molecule is CN=C(NCc1cccc(NC(=O)C2CCC2)c1)NCc1ccccc1CN1CCOCC1.I. The first-order valence-electron chi connectivity index (χ1n) is 11.9. The fourth-order valence-electron chi connectivity index (χ4n) is 4.14. The van der Waals surface area contributed by atoms with Gasteiger partial charge >= 0.3 is 0 Å². The molecule has 7 nitrogen and oxygen atoms in total. The van der Waals surface area contributed by atoms with E-state index in [1.807, 2.05) is 18.2 Å². The third-order valence-corrected chi connectivity index (χ3v) is 6.42. The molecular formula is C26H36IN5O2. The molecular weight excluding hydrogens is 541 g/mol. The van der Waals surface area contributed by atoms with Crippen LogP contribution in [-0.4, -0.2) is 50.1 Å². The lowest BCUT2D eigenvalue weighted by Gasteiger charge is -2.27. The number of nitrogens with zero attached hydrogens (tertiary/aromatic N) is 2. The predicted octanol–water partition coefficient (Wildman–Crippen LogP) is 3.74. The van der Waals surface area contributed by atoms with Crippen LogP contribution in [-0.2, 0) is 29.2 Å². The van der Waals surface area contributed by atoms with E-state index < -0.39 is 0 Å². The van der Waals surface area contributed by atoms with Gasteiger partial charge in [-0.1, -0.05) is 42.8 Å². The Kier molecular flexibility index (Phi) is 10.6. The Bertz CT molecular complexity index is 958. The summed E-state index contributed by atoms with van der Waals surface area (Å²) < 4.78 is 5.47. The van der Waals surface area contributed by atoms with Crippen LogP contribution >= 0.6 is 24.0 Å². The highest BCUT2D eigenvalue weighted by atomic mass is 127. The van der Waals surface area contributed by atoms with E-state index in [4.69, 9.17) is 4.74 Å². The average Bonchev–Trinajstić information content (AvgIpc) is 2.80. The molecule has 2 aromatic rings. The number of ether oxygens (including phenoxy) is 1. The zero-order valence-electron chi connectivity index (χ0n) is 19.9. The molecule has 4 rings (SSSR count). The maximum absolute atomic E-state index is 12.2. The van der Waals surface area contributed by atoms with E-state index in [1.54, 1.807) is 7.05 Å². The molecule has 8 heteroatoms. The van der Waals surface area contributed by atoms with Crippen molar-refractivity contribution in [1.29, 1.82) is 0 Å². The van der Waals surface area contributed by atoms with Crippen molar-refractivity contribution in [1.82, 2.24) is 15.5 Å². The molecule has 34 heavy (non-hydrogen) atoms. The first kappa shape index (κ1) is 26.4. The maximum atomic E-state index is 12.2. The van der Waals surface area contributed by atoms with E-state index in [9.17, 15) is 4.79 Å². The van der Waals surface area contributed by atoms with E-state index >= 15 is 0 Å². The molecule has 0 unspecified atom stereocenters. The van der Waals surface area contributed by atoms with Gasteiger partial charge in [-0.25, -0.2) is 0 Å². The van der Waals surface area contributed by atoms with Gasteiger partial charge in [0.15, 0.2) is 5.96 Å². The number of nitrogens with one attached hydrogen (secondary N) is 3. The van der Waals surface area contributed by atoms with Gasteiger partial charge in [0, 0.05) is 51.4 Å². The second-order valence-electron chi connectivity index (χ2n) is 8.75. The highest BCUT2D eigenvalue weighted by Gasteiger charge is 2.25. The molecule has 1 saturated carbocycles. The van der Waals surface area contributed by atoms with Crippen molar-refractivity contribution in [3.8, 4) is 0 Å². The quantitative estimate of drug-likeness (QED) is 0.253. The van der Waals surface area contributed by atoms with Crippen LogP contribution in [0.25, 0.3) is 0 Å². The Hall–Kier alpha value is -2.17. The highest BCUT2D eigenvalue weighted by Crippen LogP contribution is 2.27. The molecule has 1 saturated heterocycles. The van der Waals surface area contributed by atoms with Gasteiger partial charge in [-0.3, -0.25) is 14.7 Å². The van der Waals surface area contributed by atoms with Crippen molar-refractivity contribution in [3.05, 3.63) is 65.2 Å². The number of benzene rings is 2. The number of morpholine rings is 1. The number of halogens is 1. The van der Waals surface area contributed by atoms with Gasteiger partial charge < -0.3 is 20.7 Å². The standard InChI is InChI=1S/C26H35N5O2.HI/c1-27-26(28-17-20-6-4-11-24(16-20)30-25(32)21-9-5-10-21)29-18-22-7-2-3-8-23(22)19-31-12-14-33-15-13-31;/h2-4,6-8,11,16,21H,5,9-10,12-15,17-19H2,1H3,(H,30,32)(H2,27,28,29);1H. The molecule has 1 aliphatic heterocycles. The summed E-state index contributed by atoms with van der Waals surface area (Å²) >= 11 is 0. The van der Waals surface area contributed by atoms with Gasteiger partial charge in [-0.05, 0) is 41.7 Å². The maximum Gasteiger partial charge on any atom is 0.227 e. The monoisotopic (exact) mass is 577 g/mol. The fourth-order valence-corrected chi connectivity index (χ4v) is 4.14. The van der Waals surface area contributed by atoms with E-state index in [0.29, 0.717) is 13.1 Å². The van der Waals surface area contributed by atoms with E-state index in [2.05, 4.69) is 56.2 Å². The number of amides is 1. The lowest BCUT2D eigenvalue weighted by molar-refractivity contribution is -0.122. The summed E-state index contributed by atoms with van der Waals surface area (Å²) in [4.78, 5) is 19.0. The molecule has 0 spiro atoms. The highest BCUT2D eigenvalue weighted by molar-refractivity contribution is 14.0. The summed E-state index contributed by atoms with van der Waals surface area (Å²) in [5, 5.41) is 9.87. The minimum atomic E-state index is 0. The topological polar surface area (TPSA) is 78.0 Å². The van der Waals surface area contributed by atoms with Gasteiger partial charge in [-0.15, -0.1) is 24.0 Å². The number of rotatable bonds is 8. The molecule has 0 atom stereocenters. The molecule has 0 radical (unpaired) electrons. The Morgan fingerprint density at radius 1 is 1.03 bits per heavy atom. The fraction of sp³-hybridized carbons (Fsp3) is 0.462. The van der Waals surface area contributed by atoms with Crippen LogP contribution < -0.4 is 16.0 Å². The molecule has 2 aliphatic rings. The zero-order chi connectivity index (χ0) is 22.9. The van der Waals surface area contributed by atoms with Crippen molar-refractivity contribution >= 4 is 41.5 Å². The van der Waals surface area contributed by atoms with Crippen LogP contribution in [0.5, 0.6) is 0 Å². The second kappa shape index (κ2) is 13.7. The molecule has 2 aromatic carbocycles. The summed E-state index contributed by atoms with van der Waals surface area (Å²) in [5.74, 6) is 1.07. The molecule has 2 fully saturated rings. The van der Waals surface area contributed by atoms with Crippen LogP contribution in [0.1, 0.15) is 36.0 Å². The minimum Gasteiger partial charge on any atom is -0.379 e. The largest absolute Gasteiger partial charge is 0.379 e. The smallest absolute Gasteiger partial charge is 0.227 e. The van der Waals surface area contributed by atoms with Crippen LogP contribution in [0.3, 0.4) is 0 Å². The van der Waals surface area contributed by atoms with Gasteiger partial charge in [-0.2, -0.15) is 0 Å². The predicted molar refractivity (Wildman–Crippen MR) is 147 cm³/mol. The van der Waals surface area contributed by atoms with Crippen molar-refractivity contribution in [2.75, 3.05) is 38.7 Å². The number of carbonyl (C=O) groups excluding carboxylic acids is 1. The lowest BCUT2D eigenvalue weighted by Crippen LogP contribution is -2.37. The third-order valence-electron chi connectivity index (χ3n) is 6.42. The van der Waals surface area contributed by atoms with Crippen LogP contribution in [0, 0.1) is 5.92 Å². The molecule has 1 aliphatic carbocycles. The normalized spacial score (nSPS) is 16.8. The minimum absolute atomic E-state index is 0. The Morgan fingerprint density at radius 2 is 1.76 bits per heavy atom. The van der Waals surface area contributed by atoms with Crippen molar-refractivity contribution in [2.24, 2.45) is 10.9 Å². The molecule has 184 valence electrons. The second-order valence-corrected chi connectivity index (χ2v) is 8.75. The van der Waals surface area contributed by atoms with Crippen LogP contribution in [0.15, 0.2) is 53.5 Å². The molecule has 0 aromatic heterocycles. The summed E-state index contributed by atoms with van der Waals surface area (Å²) in [5.41, 5.74) is 4.55. The Balaban J connectivity index is 0.00000324. The van der Waals surface area contributed by atoms with E-state index in [0.717, 1.165) is 69.3 Å². The number of carbonyl (C=O) groups is 1. The zero-order valence-corrected chi connectivity index (χ0v) is 22.2. The molecule has 3 N–H and O–H groups in total. The molecule has 1 heterocycles. The molecule has 1 amide bonds. The number of hydrogen-bond acceptors (Lipinski definition) is 4.